The maximum absolute atomic E-state index is 15.4. The van der Waals surface area contributed by atoms with Crippen LogP contribution in [0.15, 0.2) is 170 Å². The van der Waals surface area contributed by atoms with Crippen molar-refractivity contribution in [2.75, 3.05) is 26.4 Å². The predicted octanol–water partition coefficient (Wildman–Crippen LogP) is 9.01. The third-order valence-corrected chi connectivity index (χ3v) is 15.4. The average molecular weight is 1360 g/mol. The molecule has 1 N–H and O–H groups in total. The molecule has 2 heterocycles. The molecule has 11 atom stereocenters. The second-order valence-corrected chi connectivity index (χ2v) is 22.0. The Balaban J connectivity index is 1.08. The van der Waals surface area contributed by atoms with Crippen molar-refractivity contribution in [2.45, 2.75) is 94.1 Å². The summed E-state index contributed by atoms with van der Waals surface area (Å²) in [5.41, 5.74) is 2.66. The second kappa shape index (κ2) is 31.7. The molecule has 0 spiro atoms. The summed E-state index contributed by atoms with van der Waals surface area (Å²) in [6.45, 7) is -0.907. The molecule has 2 saturated heterocycles. The maximum atomic E-state index is 15.4. The van der Waals surface area contributed by atoms with Crippen molar-refractivity contribution in [3.8, 4) is 16.9 Å². The molecule has 23 nitrogen and oxygen atoms in total. The molecule has 7 aromatic carbocycles. The van der Waals surface area contributed by atoms with E-state index in [4.69, 9.17) is 61.6 Å². The molecular formula is C70H58F5NO22. The van der Waals surface area contributed by atoms with Gasteiger partial charge in [-0.1, -0.05) is 121 Å². The molecule has 7 aromatic rings. The van der Waals surface area contributed by atoms with Gasteiger partial charge in [0.25, 0.3) is 0 Å². The molecular weight excluding hydrogens is 1300 g/mol. The van der Waals surface area contributed by atoms with Gasteiger partial charge in [0.1, 0.15) is 32.0 Å². The highest BCUT2D eigenvalue weighted by molar-refractivity contribution is 5.92. The number of amides is 1. The molecule has 28 heteroatoms. The highest BCUT2D eigenvalue weighted by atomic mass is 19.2. The quantitative estimate of drug-likeness (QED) is 0.0156. The van der Waals surface area contributed by atoms with E-state index in [2.05, 4.69) is 5.32 Å². The van der Waals surface area contributed by atoms with E-state index in [1.807, 2.05) is 12.1 Å². The Hall–Kier alpha value is -10.9. The van der Waals surface area contributed by atoms with Crippen LogP contribution >= 0.6 is 0 Å². The van der Waals surface area contributed by atoms with E-state index in [0.717, 1.165) is 31.9 Å². The summed E-state index contributed by atoms with van der Waals surface area (Å²) in [5, 5.41) is 2.11. The molecule has 0 saturated carbocycles. The number of benzene rings is 7. The van der Waals surface area contributed by atoms with Gasteiger partial charge in [0.2, 0.25) is 34.8 Å². The van der Waals surface area contributed by atoms with Crippen molar-refractivity contribution in [3.63, 3.8) is 0 Å². The van der Waals surface area contributed by atoms with E-state index in [9.17, 15) is 56.3 Å². The number of nitrogens with one attached hydrogen (secondary N) is 1. The zero-order valence-electron chi connectivity index (χ0n) is 51.8. The molecule has 1 aliphatic carbocycles. The van der Waals surface area contributed by atoms with Crippen LogP contribution in [-0.4, -0.2) is 148 Å². The smallest absolute Gasteiger partial charge is 0.407 e. The molecule has 0 aromatic heterocycles. The van der Waals surface area contributed by atoms with Crippen molar-refractivity contribution in [3.05, 3.63) is 232 Å². The number of carbonyl (C=O) groups excluding carboxylic acids is 9. The van der Waals surface area contributed by atoms with Crippen LogP contribution in [0.25, 0.3) is 11.1 Å². The second-order valence-electron chi connectivity index (χ2n) is 22.0. The maximum Gasteiger partial charge on any atom is 0.407 e. The van der Waals surface area contributed by atoms with Gasteiger partial charge >= 0.3 is 53.8 Å². The van der Waals surface area contributed by atoms with Crippen LogP contribution in [0.5, 0.6) is 5.75 Å². The van der Waals surface area contributed by atoms with E-state index in [0.29, 0.717) is 11.1 Å². The van der Waals surface area contributed by atoms with Gasteiger partial charge in [-0.2, -0.15) is 8.78 Å². The lowest BCUT2D eigenvalue weighted by atomic mass is 9.96. The first-order valence-corrected chi connectivity index (χ1v) is 30.1. The largest absolute Gasteiger partial charge is 0.463 e. The molecule has 0 bridgehead atoms. The first-order chi connectivity index (χ1) is 47.1. The van der Waals surface area contributed by atoms with Gasteiger partial charge < -0.3 is 66.9 Å². The number of carbonyl (C=O) groups is 9. The lowest BCUT2D eigenvalue weighted by Gasteiger charge is -2.48. The van der Waals surface area contributed by atoms with Gasteiger partial charge in [0.05, 0.1) is 28.9 Å². The van der Waals surface area contributed by atoms with Crippen LogP contribution in [0.1, 0.15) is 79.2 Å². The first kappa shape index (κ1) is 69.9. The Labute approximate surface area is 553 Å². The lowest BCUT2D eigenvalue weighted by molar-refractivity contribution is -0.366. The van der Waals surface area contributed by atoms with Gasteiger partial charge in [-0.3, -0.25) is 14.4 Å². The third kappa shape index (κ3) is 16.5. The van der Waals surface area contributed by atoms with E-state index < -0.39 is 188 Å². The Morgan fingerprint density at radius 1 is 0.408 bits per heavy atom. The summed E-state index contributed by atoms with van der Waals surface area (Å²) in [6, 6.07) is 40.8. The van der Waals surface area contributed by atoms with Crippen LogP contribution in [-0.2, 0) is 76.0 Å². The zero-order chi connectivity index (χ0) is 69.7. The monoisotopic (exact) mass is 1360 g/mol. The fraction of sp³-hybridized carbons (Fsp3) is 0.271. The molecule has 3 aliphatic rings. The molecule has 10 rings (SSSR count). The van der Waals surface area contributed by atoms with E-state index >= 15 is 8.78 Å². The number of alkyl carbamates (subject to hydrolysis) is 1. The van der Waals surface area contributed by atoms with Crippen LogP contribution in [0.3, 0.4) is 0 Å². The number of ether oxygens (including phenoxy) is 13. The third-order valence-electron chi connectivity index (χ3n) is 15.4. The number of esters is 8. The Kier molecular flexibility index (Phi) is 22.6. The minimum atomic E-state index is -2.63. The highest BCUT2D eigenvalue weighted by Crippen LogP contribution is 2.45. The van der Waals surface area contributed by atoms with E-state index in [1.165, 1.54) is 97.1 Å². The van der Waals surface area contributed by atoms with Gasteiger partial charge in [-0.25, -0.2) is 41.9 Å². The number of hydrogen-bond acceptors (Lipinski definition) is 22. The van der Waals surface area contributed by atoms with Gasteiger partial charge in [0, 0.05) is 26.7 Å². The summed E-state index contributed by atoms with van der Waals surface area (Å²) >= 11 is 0. The summed E-state index contributed by atoms with van der Waals surface area (Å²) in [5.74, 6) is -25.4. The topological polar surface area (TPSA) is 286 Å². The minimum absolute atomic E-state index is 0.00150. The van der Waals surface area contributed by atoms with E-state index in [-0.39, 0.29) is 22.3 Å². The minimum Gasteiger partial charge on any atom is -0.463 e. The van der Waals surface area contributed by atoms with E-state index in [1.54, 1.807) is 60.7 Å². The van der Waals surface area contributed by atoms with Crippen LogP contribution in [0, 0.1) is 29.1 Å². The Bertz CT molecular complexity index is 4010. The predicted molar refractivity (Wildman–Crippen MR) is 323 cm³/mol. The van der Waals surface area contributed by atoms with Crippen molar-refractivity contribution >= 4 is 53.8 Å². The summed E-state index contributed by atoms with van der Waals surface area (Å²) < 4.78 is 152. The van der Waals surface area contributed by atoms with Gasteiger partial charge in [0.15, 0.2) is 55.2 Å². The van der Waals surface area contributed by atoms with Crippen LogP contribution < -0.4 is 10.1 Å². The van der Waals surface area contributed by atoms with Gasteiger partial charge in [-0.15, -0.1) is 0 Å². The molecule has 98 heavy (non-hydrogen) atoms. The average Bonchev–Trinajstić information content (AvgIpc) is 1.40. The molecule has 0 unspecified atom stereocenters. The lowest BCUT2D eigenvalue weighted by Crippen LogP contribution is -2.67. The number of rotatable bonds is 23. The normalized spacial score (nSPS) is 21.1. The van der Waals surface area contributed by atoms with Crippen LogP contribution in [0.4, 0.5) is 26.7 Å². The van der Waals surface area contributed by atoms with Gasteiger partial charge in [-0.05, 0) is 70.8 Å². The van der Waals surface area contributed by atoms with Crippen molar-refractivity contribution in [1.82, 2.24) is 5.32 Å². The molecule has 2 aliphatic heterocycles. The molecule has 2 fully saturated rings. The molecule has 510 valence electrons. The fourth-order valence-electron chi connectivity index (χ4n) is 10.9. The highest BCUT2D eigenvalue weighted by Gasteiger charge is 2.58. The summed E-state index contributed by atoms with van der Waals surface area (Å²) in [7, 11) is 0. The van der Waals surface area contributed by atoms with Crippen molar-refractivity contribution in [1.29, 1.82) is 0 Å². The Morgan fingerprint density at radius 2 is 0.806 bits per heavy atom. The summed E-state index contributed by atoms with van der Waals surface area (Å²) in [4.78, 5) is 125. The zero-order valence-corrected chi connectivity index (χ0v) is 51.8. The molecule has 0 radical (unpaired) electrons. The first-order valence-electron chi connectivity index (χ1n) is 30.1. The Morgan fingerprint density at radius 3 is 1.30 bits per heavy atom. The number of halogens is 5. The van der Waals surface area contributed by atoms with Crippen molar-refractivity contribution in [2.24, 2.45) is 0 Å². The SMILES string of the molecule is CC(=O)OC[C@H]1O[C@H](OC[C@H](NC(=O)OCC2c3ccccc3-c3ccccc32)C(=O)Oc2c(F)c(F)c(F)c(F)c2F)[C@@H](O[C@H]2O[C@H](COC(=O)c3ccccc3)[C@@H](OC(=O)c3ccccc3)[C@H](OC(=O)c3ccccc3)[C@@H]2OC(=O)c2ccccc2)[C@@H](OC(C)=O)[C@@H]1OC(C)=O. The number of hydrogen-bond donors (Lipinski definition) is 1. The van der Waals surface area contributed by atoms with Crippen molar-refractivity contribution < 1.29 is 127 Å². The summed E-state index contributed by atoms with van der Waals surface area (Å²) in [6.07, 6.45) is -22.7. The number of fused-ring (bicyclic) bond motifs is 3. The molecule has 1 amide bonds. The standard InChI is InChI=1S/C70H58F5NO22/c1-36(77)86-34-49-56(90-37(2)78)59(91-38(3)79)61(68(92-49)88-33-48(67(84)95-58-54(74)52(72)51(71)53(73)55(58)75)76-70(85)89-32-47-45-30-18-16-28-43(45)44-29-17-19-31-46(44)47)98-69-62(97-66(83)42-26-14-7-15-27-42)60(96-65(82)41-24-12-6-13-25-41)57(94-64(81)40-22-10-5-11-23-40)50(93-69)35-87-63(80)39-20-8-4-9-21-39/h4-31,47-50,56-57,59-62,68-69H,32-35H2,1-3H3,(H,76,85)/t48-,49+,50+,56+,57+,59-,60-,61-,62-,68-,69+/m0/s1. The fourth-order valence-corrected chi connectivity index (χ4v) is 10.9. The van der Waals surface area contributed by atoms with Crippen LogP contribution in [0.2, 0.25) is 0 Å².